The van der Waals surface area contributed by atoms with Gasteiger partial charge in [-0.25, -0.2) is 4.79 Å². The van der Waals surface area contributed by atoms with Crippen molar-refractivity contribution in [2.24, 2.45) is 0 Å². The van der Waals surface area contributed by atoms with E-state index in [-0.39, 0.29) is 11.9 Å². The first kappa shape index (κ1) is 14.6. The van der Waals surface area contributed by atoms with Gasteiger partial charge in [0.25, 0.3) is 5.91 Å². The Balaban J connectivity index is 1.96. The molecule has 2 aromatic rings. The molecule has 0 saturated heterocycles. The average molecular weight is 283 g/mol. The summed E-state index contributed by atoms with van der Waals surface area (Å²) in [5, 5.41) is 7.98. The first-order chi connectivity index (χ1) is 10.1. The van der Waals surface area contributed by atoms with Crippen LogP contribution in [0.25, 0.3) is 0 Å². The van der Waals surface area contributed by atoms with Crippen molar-refractivity contribution in [1.29, 1.82) is 0 Å². The summed E-state index contributed by atoms with van der Waals surface area (Å²) in [6.45, 7) is 1.98. The molecule has 108 valence electrons. The van der Waals surface area contributed by atoms with Gasteiger partial charge in [0, 0.05) is 24.0 Å². The minimum Gasteiger partial charge on any atom is -0.355 e. The number of anilines is 2. The molecule has 0 radical (unpaired) electrons. The van der Waals surface area contributed by atoms with E-state index in [1.807, 2.05) is 31.2 Å². The van der Waals surface area contributed by atoms with Crippen LogP contribution in [-0.2, 0) is 0 Å². The number of nitrogens with one attached hydrogen (secondary N) is 3. The second-order valence-electron chi connectivity index (χ2n) is 4.60. The third-order valence-corrected chi connectivity index (χ3v) is 2.94. The second kappa shape index (κ2) is 6.56. The fraction of sp³-hybridized carbons (Fsp3) is 0.125. The minimum absolute atomic E-state index is 0.161. The SMILES string of the molecule is CNC(=O)c1ccc(NC(=O)Nc2ccc(C)cc2)cc1. The van der Waals surface area contributed by atoms with E-state index in [2.05, 4.69) is 16.0 Å². The third kappa shape index (κ3) is 4.07. The largest absolute Gasteiger partial charge is 0.355 e. The molecular formula is C16H17N3O2. The molecule has 3 N–H and O–H groups in total. The maximum atomic E-state index is 11.8. The number of rotatable bonds is 3. The molecule has 0 fully saturated rings. The van der Waals surface area contributed by atoms with Gasteiger partial charge >= 0.3 is 6.03 Å². The van der Waals surface area contributed by atoms with Crippen LogP contribution in [0.15, 0.2) is 48.5 Å². The van der Waals surface area contributed by atoms with Crippen LogP contribution in [0.4, 0.5) is 16.2 Å². The summed E-state index contributed by atoms with van der Waals surface area (Å²) in [7, 11) is 1.57. The van der Waals surface area contributed by atoms with Crippen molar-refractivity contribution in [3.05, 3.63) is 59.7 Å². The van der Waals surface area contributed by atoms with Crippen LogP contribution in [0.3, 0.4) is 0 Å². The molecule has 0 unspecified atom stereocenters. The van der Waals surface area contributed by atoms with Crippen molar-refractivity contribution in [3.8, 4) is 0 Å². The Kier molecular flexibility index (Phi) is 4.56. The van der Waals surface area contributed by atoms with Gasteiger partial charge in [0.15, 0.2) is 0 Å². The summed E-state index contributed by atoms with van der Waals surface area (Å²) in [6, 6.07) is 13.9. The second-order valence-corrected chi connectivity index (χ2v) is 4.60. The van der Waals surface area contributed by atoms with Gasteiger partial charge in [0.1, 0.15) is 0 Å². The first-order valence-electron chi connectivity index (χ1n) is 6.55. The molecule has 0 bridgehead atoms. The Hall–Kier alpha value is -2.82. The number of carbonyl (C=O) groups is 2. The standard InChI is InChI=1S/C16H17N3O2/c1-11-3-7-13(8-4-11)18-16(21)19-14-9-5-12(6-10-14)15(20)17-2/h3-10H,1-2H3,(H,17,20)(H2,18,19,21). The summed E-state index contributed by atoms with van der Waals surface area (Å²) in [5.41, 5.74) is 3.01. The highest BCUT2D eigenvalue weighted by molar-refractivity contribution is 6.00. The number of carbonyl (C=O) groups excluding carboxylic acids is 2. The van der Waals surface area contributed by atoms with Crippen molar-refractivity contribution >= 4 is 23.3 Å². The van der Waals surface area contributed by atoms with E-state index in [0.717, 1.165) is 11.3 Å². The highest BCUT2D eigenvalue weighted by atomic mass is 16.2. The number of hydrogen-bond donors (Lipinski definition) is 3. The summed E-state index contributed by atoms with van der Waals surface area (Å²) in [6.07, 6.45) is 0. The Bertz CT molecular complexity index is 634. The molecule has 0 aliphatic rings. The highest BCUT2D eigenvalue weighted by Gasteiger charge is 2.05. The van der Waals surface area contributed by atoms with Crippen molar-refractivity contribution in [3.63, 3.8) is 0 Å². The quantitative estimate of drug-likeness (QED) is 0.810. The topological polar surface area (TPSA) is 70.2 Å². The van der Waals surface area contributed by atoms with Gasteiger partial charge in [-0.1, -0.05) is 17.7 Å². The normalized spacial score (nSPS) is 9.81. The van der Waals surface area contributed by atoms with E-state index in [1.165, 1.54) is 0 Å². The number of benzene rings is 2. The Labute approximate surface area is 123 Å². The Morgan fingerprint density at radius 1 is 0.810 bits per heavy atom. The number of urea groups is 1. The van der Waals surface area contributed by atoms with Gasteiger partial charge in [-0.15, -0.1) is 0 Å². The van der Waals surface area contributed by atoms with Crippen molar-refractivity contribution in [2.45, 2.75) is 6.92 Å². The zero-order chi connectivity index (χ0) is 15.2. The van der Waals surface area contributed by atoms with Crippen molar-refractivity contribution in [1.82, 2.24) is 5.32 Å². The fourth-order valence-electron chi connectivity index (χ4n) is 1.78. The first-order valence-corrected chi connectivity index (χ1v) is 6.55. The molecule has 5 nitrogen and oxygen atoms in total. The fourth-order valence-corrected chi connectivity index (χ4v) is 1.78. The molecule has 21 heavy (non-hydrogen) atoms. The van der Waals surface area contributed by atoms with Crippen LogP contribution >= 0.6 is 0 Å². The molecule has 0 atom stereocenters. The van der Waals surface area contributed by atoms with Crippen LogP contribution < -0.4 is 16.0 Å². The zero-order valence-electron chi connectivity index (χ0n) is 11.9. The maximum Gasteiger partial charge on any atom is 0.323 e. The maximum absolute atomic E-state index is 11.8. The van der Waals surface area contributed by atoms with Crippen molar-refractivity contribution in [2.75, 3.05) is 17.7 Å². The van der Waals surface area contributed by atoms with Gasteiger partial charge in [-0.05, 0) is 43.3 Å². The van der Waals surface area contributed by atoms with Gasteiger partial charge in [-0.3, -0.25) is 4.79 Å². The van der Waals surface area contributed by atoms with Gasteiger partial charge in [-0.2, -0.15) is 0 Å². The lowest BCUT2D eigenvalue weighted by molar-refractivity contribution is 0.0963. The number of hydrogen-bond acceptors (Lipinski definition) is 2. The van der Waals surface area contributed by atoms with E-state index in [0.29, 0.717) is 11.3 Å². The smallest absolute Gasteiger partial charge is 0.323 e. The molecule has 0 heterocycles. The lowest BCUT2D eigenvalue weighted by atomic mass is 10.2. The Morgan fingerprint density at radius 3 is 1.76 bits per heavy atom. The summed E-state index contributed by atoms with van der Waals surface area (Å²) >= 11 is 0. The van der Waals surface area contributed by atoms with E-state index >= 15 is 0 Å². The minimum atomic E-state index is -0.327. The number of amides is 3. The lowest BCUT2D eigenvalue weighted by Crippen LogP contribution is -2.20. The zero-order valence-corrected chi connectivity index (χ0v) is 11.9. The highest BCUT2D eigenvalue weighted by Crippen LogP contribution is 2.12. The summed E-state index contributed by atoms with van der Waals surface area (Å²) in [4.78, 5) is 23.2. The van der Waals surface area contributed by atoms with Crippen LogP contribution in [0.1, 0.15) is 15.9 Å². The average Bonchev–Trinajstić information content (AvgIpc) is 2.49. The summed E-state index contributed by atoms with van der Waals surface area (Å²) < 4.78 is 0. The van der Waals surface area contributed by atoms with E-state index < -0.39 is 0 Å². The van der Waals surface area contributed by atoms with E-state index in [1.54, 1.807) is 31.3 Å². The van der Waals surface area contributed by atoms with Gasteiger partial charge in [0.05, 0.1) is 0 Å². The molecule has 0 aliphatic heterocycles. The van der Waals surface area contributed by atoms with Crippen LogP contribution in [0.5, 0.6) is 0 Å². The molecule has 0 spiro atoms. The molecule has 0 aromatic heterocycles. The molecular weight excluding hydrogens is 266 g/mol. The number of aryl methyl sites for hydroxylation is 1. The molecule has 5 heteroatoms. The molecule has 3 amide bonds. The molecule has 2 rings (SSSR count). The Morgan fingerprint density at radius 2 is 1.29 bits per heavy atom. The predicted molar refractivity (Wildman–Crippen MR) is 83.7 cm³/mol. The van der Waals surface area contributed by atoms with Crippen LogP contribution in [0.2, 0.25) is 0 Å². The van der Waals surface area contributed by atoms with E-state index in [4.69, 9.17) is 0 Å². The molecule has 0 aliphatic carbocycles. The molecule has 2 aromatic carbocycles. The predicted octanol–water partition coefficient (Wildman–Crippen LogP) is 3.00. The van der Waals surface area contributed by atoms with Crippen LogP contribution in [0, 0.1) is 6.92 Å². The summed E-state index contributed by atoms with van der Waals surface area (Å²) in [5.74, 6) is -0.161. The monoisotopic (exact) mass is 283 g/mol. The third-order valence-electron chi connectivity index (χ3n) is 2.94. The van der Waals surface area contributed by atoms with Gasteiger partial charge < -0.3 is 16.0 Å². The van der Waals surface area contributed by atoms with Gasteiger partial charge in [0.2, 0.25) is 0 Å². The lowest BCUT2D eigenvalue weighted by Gasteiger charge is -2.08. The van der Waals surface area contributed by atoms with Crippen LogP contribution in [-0.4, -0.2) is 19.0 Å². The van der Waals surface area contributed by atoms with Crippen molar-refractivity contribution < 1.29 is 9.59 Å². The van der Waals surface area contributed by atoms with E-state index in [9.17, 15) is 9.59 Å². The molecule has 0 saturated carbocycles.